The fraction of sp³-hybridized carbons (Fsp3) is 0.172. The summed E-state index contributed by atoms with van der Waals surface area (Å²) in [5.74, 6) is 1.41. The number of carbonyl (C=O) groups is 1. The van der Waals surface area contributed by atoms with Crippen LogP contribution in [-0.2, 0) is 0 Å². The molecule has 198 valence electrons. The van der Waals surface area contributed by atoms with Gasteiger partial charge in [-0.05, 0) is 55.3 Å². The largest absolute Gasteiger partial charge is 0.457 e. The maximum absolute atomic E-state index is 14.9. The number of nitrogens with zero attached hydrogens (tertiary/aromatic N) is 4. The molecule has 0 bridgehead atoms. The summed E-state index contributed by atoms with van der Waals surface area (Å²) < 4.78 is 22.3. The molecule has 5 rings (SSSR count). The Morgan fingerprint density at radius 2 is 1.82 bits per heavy atom. The Morgan fingerprint density at radius 1 is 0.974 bits per heavy atom. The summed E-state index contributed by atoms with van der Waals surface area (Å²) >= 11 is 0. The third kappa shape index (κ3) is 5.96. The van der Waals surface area contributed by atoms with Crippen molar-refractivity contribution in [3.63, 3.8) is 0 Å². The first-order chi connectivity index (χ1) is 18.9. The summed E-state index contributed by atoms with van der Waals surface area (Å²) in [6.07, 6.45) is 3.34. The van der Waals surface area contributed by atoms with Crippen molar-refractivity contribution < 1.29 is 13.9 Å². The average molecular weight is 526 g/mol. The predicted octanol–water partition coefficient (Wildman–Crippen LogP) is 6.95. The van der Waals surface area contributed by atoms with Gasteiger partial charge in [0.1, 0.15) is 29.0 Å². The van der Waals surface area contributed by atoms with Crippen LogP contribution >= 0.6 is 0 Å². The van der Waals surface area contributed by atoms with Crippen molar-refractivity contribution >= 4 is 34.3 Å². The number of anilines is 3. The molecule has 3 heterocycles. The summed E-state index contributed by atoms with van der Waals surface area (Å²) in [6, 6.07) is 18.4. The second-order valence-electron chi connectivity index (χ2n) is 9.13. The Labute approximate surface area is 225 Å². The number of benzene rings is 2. The number of pyridine rings is 2. The van der Waals surface area contributed by atoms with E-state index in [-0.39, 0.29) is 17.4 Å². The molecular weight excluding hydrogens is 497 g/mol. The van der Waals surface area contributed by atoms with E-state index in [4.69, 9.17) is 4.74 Å². The van der Waals surface area contributed by atoms with Gasteiger partial charge < -0.3 is 15.4 Å². The van der Waals surface area contributed by atoms with Crippen LogP contribution in [-0.4, -0.2) is 32.3 Å². The van der Waals surface area contributed by atoms with Gasteiger partial charge in [0.25, 0.3) is 0 Å². The van der Waals surface area contributed by atoms with E-state index in [1.165, 1.54) is 12.1 Å². The van der Waals surface area contributed by atoms with Crippen LogP contribution in [0.2, 0.25) is 0 Å². The lowest BCUT2D eigenvalue weighted by Gasteiger charge is -2.12. The number of amides is 2. The van der Waals surface area contributed by atoms with Gasteiger partial charge in [0.2, 0.25) is 0 Å². The molecule has 0 spiro atoms. The van der Waals surface area contributed by atoms with Gasteiger partial charge in [-0.1, -0.05) is 19.9 Å². The van der Waals surface area contributed by atoms with E-state index >= 15 is 0 Å². The molecule has 0 aliphatic carbocycles. The zero-order chi connectivity index (χ0) is 27.4. The van der Waals surface area contributed by atoms with E-state index < -0.39 is 11.8 Å². The number of urea groups is 1. The van der Waals surface area contributed by atoms with E-state index in [0.717, 1.165) is 22.3 Å². The highest BCUT2D eigenvalue weighted by molar-refractivity contribution is 5.99. The molecule has 0 radical (unpaired) electrons. The van der Waals surface area contributed by atoms with Gasteiger partial charge in [-0.3, -0.25) is 10.3 Å². The van der Waals surface area contributed by atoms with Gasteiger partial charge in [0.05, 0.1) is 22.6 Å². The van der Waals surface area contributed by atoms with Crippen LogP contribution in [0.5, 0.6) is 11.5 Å². The number of fused-ring (bicyclic) bond motifs is 1. The number of nitrogens with one attached hydrogen (secondary N) is 3. The van der Waals surface area contributed by atoms with Crippen LogP contribution in [0.3, 0.4) is 0 Å². The monoisotopic (exact) mass is 525 g/mol. The Bertz CT molecular complexity index is 1630. The number of carbonyl (C=O) groups excluding carboxylic acids is 1. The molecule has 0 unspecified atom stereocenters. The first-order valence-electron chi connectivity index (χ1n) is 12.6. The molecule has 3 aromatic heterocycles. The third-order valence-corrected chi connectivity index (χ3v) is 5.91. The van der Waals surface area contributed by atoms with Crippen LogP contribution in [0.15, 0.2) is 79.1 Å². The standard InChI is InChI=1S/C29H28FN7O2/c1-4-31-27-16-22(11-13-33-27)39-21-8-10-25(23(30)15-21)34-29(38)35-28-17-26(18(2)3)36-37(28)20-7-9-24-19(14-20)6-5-12-32-24/h5-18H,4H2,1-3H3,(H,31,33)(H2,34,35,38). The zero-order valence-electron chi connectivity index (χ0n) is 21.8. The number of ether oxygens (including phenoxy) is 1. The molecule has 0 saturated carbocycles. The molecule has 9 nitrogen and oxygen atoms in total. The first-order valence-corrected chi connectivity index (χ1v) is 12.6. The summed E-state index contributed by atoms with van der Waals surface area (Å²) in [4.78, 5) is 21.4. The Kier molecular flexibility index (Phi) is 7.35. The molecule has 39 heavy (non-hydrogen) atoms. The summed E-state index contributed by atoms with van der Waals surface area (Å²) in [5.41, 5.74) is 2.43. The molecule has 0 aliphatic rings. The molecular formula is C29H28FN7O2. The van der Waals surface area contributed by atoms with Crippen LogP contribution in [0.25, 0.3) is 16.6 Å². The van der Waals surface area contributed by atoms with E-state index in [0.29, 0.717) is 23.9 Å². The minimum Gasteiger partial charge on any atom is -0.457 e. The van der Waals surface area contributed by atoms with Crippen molar-refractivity contribution in [1.29, 1.82) is 0 Å². The minimum absolute atomic E-state index is 0.00912. The smallest absolute Gasteiger partial charge is 0.324 e. The SMILES string of the molecule is CCNc1cc(Oc2ccc(NC(=O)Nc3cc(C(C)C)nn3-c3ccc4ncccc4c3)c(F)c2)ccn1. The Morgan fingerprint density at radius 3 is 2.62 bits per heavy atom. The molecule has 0 saturated heterocycles. The van der Waals surface area contributed by atoms with Crippen LogP contribution < -0.4 is 20.7 Å². The molecule has 5 aromatic rings. The lowest BCUT2D eigenvalue weighted by Crippen LogP contribution is -2.22. The molecule has 3 N–H and O–H groups in total. The fourth-order valence-corrected chi connectivity index (χ4v) is 3.98. The highest BCUT2D eigenvalue weighted by Gasteiger charge is 2.16. The van der Waals surface area contributed by atoms with E-state index in [1.54, 1.807) is 41.3 Å². The van der Waals surface area contributed by atoms with Crippen LogP contribution in [0.4, 0.5) is 26.5 Å². The van der Waals surface area contributed by atoms with Crippen molar-refractivity contribution in [2.45, 2.75) is 26.7 Å². The molecule has 10 heteroatoms. The third-order valence-electron chi connectivity index (χ3n) is 5.91. The topological polar surface area (TPSA) is 106 Å². The Hall–Kier alpha value is -4.99. The summed E-state index contributed by atoms with van der Waals surface area (Å²) in [6.45, 7) is 6.72. The zero-order valence-corrected chi connectivity index (χ0v) is 21.8. The van der Waals surface area contributed by atoms with Gasteiger partial charge in [-0.2, -0.15) is 5.10 Å². The lowest BCUT2D eigenvalue weighted by molar-refractivity contribution is 0.262. The van der Waals surface area contributed by atoms with Gasteiger partial charge >= 0.3 is 6.03 Å². The minimum atomic E-state index is -0.637. The highest BCUT2D eigenvalue weighted by atomic mass is 19.1. The predicted molar refractivity (Wildman–Crippen MR) is 150 cm³/mol. The molecule has 2 aromatic carbocycles. The lowest BCUT2D eigenvalue weighted by atomic mass is 10.1. The number of aromatic nitrogens is 4. The summed E-state index contributed by atoms with van der Waals surface area (Å²) in [5, 5.41) is 14.1. The van der Waals surface area contributed by atoms with Gasteiger partial charge in [-0.25, -0.2) is 18.9 Å². The normalized spacial score (nSPS) is 11.0. The quantitative estimate of drug-likeness (QED) is 0.203. The van der Waals surface area contributed by atoms with Crippen LogP contribution in [0, 0.1) is 5.82 Å². The molecule has 2 amide bonds. The summed E-state index contributed by atoms with van der Waals surface area (Å²) in [7, 11) is 0. The average Bonchev–Trinajstić information content (AvgIpc) is 3.34. The number of halogens is 1. The second-order valence-corrected chi connectivity index (χ2v) is 9.13. The van der Waals surface area contributed by atoms with Gasteiger partial charge in [-0.15, -0.1) is 0 Å². The van der Waals surface area contributed by atoms with Crippen molar-refractivity contribution in [2.75, 3.05) is 22.5 Å². The number of hydrogen-bond acceptors (Lipinski definition) is 6. The first kappa shape index (κ1) is 25.7. The van der Waals surface area contributed by atoms with Crippen molar-refractivity contribution in [3.8, 4) is 17.2 Å². The number of hydrogen-bond donors (Lipinski definition) is 3. The van der Waals surface area contributed by atoms with E-state index in [9.17, 15) is 9.18 Å². The van der Waals surface area contributed by atoms with Gasteiger partial charge in [0, 0.05) is 42.5 Å². The van der Waals surface area contributed by atoms with Crippen molar-refractivity contribution in [2.24, 2.45) is 0 Å². The van der Waals surface area contributed by atoms with Crippen LogP contribution in [0.1, 0.15) is 32.4 Å². The molecule has 0 aliphatic heterocycles. The second kappa shape index (κ2) is 11.2. The van der Waals surface area contributed by atoms with Crippen molar-refractivity contribution in [1.82, 2.24) is 19.7 Å². The van der Waals surface area contributed by atoms with Crippen molar-refractivity contribution in [3.05, 3.63) is 90.6 Å². The van der Waals surface area contributed by atoms with E-state index in [2.05, 4.69) is 31.0 Å². The molecule has 0 atom stereocenters. The fourth-order valence-electron chi connectivity index (χ4n) is 3.98. The molecule has 0 fully saturated rings. The van der Waals surface area contributed by atoms with E-state index in [1.807, 2.05) is 51.1 Å². The Balaban J connectivity index is 1.32. The maximum Gasteiger partial charge on any atom is 0.324 e. The number of rotatable bonds is 8. The maximum atomic E-state index is 14.9. The van der Waals surface area contributed by atoms with Gasteiger partial charge in [0.15, 0.2) is 0 Å². The highest BCUT2D eigenvalue weighted by Crippen LogP contribution is 2.28.